The lowest BCUT2D eigenvalue weighted by Crippen LogP contribution is -2.35. The second kappa shape index (κ2) is 9.87. The Hall–Kier alpha value is -3.99. The Bertz CT molecular complexity index is 1420. The predicted molar refractivity (Wildman–Crippen MR) is 138 cm³/mol. The summed E-state index contributed by atoms with van der Waals surface area (Å²) in [5, 5.41) is 0.553. The first kappa shape index (κ1) is 23.2. The van der Waals surface area contributed by atoms with Crippen LogP contribution in [0.1, 0.15) is 41.9 Å². The number of hydrogen-bond donors (Lipinski definition) is 0. The summed E-state index contributed by atoms with van der Waals surface area (Å²) >= 11 is 0. The molecule has 0 spiro atoms. The number of rotatable bonds is 6. The zero-order valence-corrected chi connectivity index (χ0v) is 20.0. The minimum absolute atomic E-state index is 0.136. The molecule has 0 bridgehead atoms. The predicted octanol–water partition coefficient (Wildman–Crippen LogP) is 5.63. The Balaban J connectivity index is 1.83. The molecule has 34 heavy (non-hydrogen) atoms. The quantitative estimate of drug-likeness (QED) is 0.357. The number of aryl methyl sites for hydroxylation is 2. The van der Waals surface area contributed by atoms with E-state index in [4.69, 9.17) is 4.98 Å². The smallest absolute Gasteiger partial charge is 0.266 e. The number of amides is 1. The van der Waals surface area contributed by atoms with Gasteiger partial charge in [-0.3, -0.25) is 14.2 Å². The van der Waals surface area contributed by atoms with Crippen molar-refractivity contribution >= 4 is 22.9 Å². The third-order valence-electron chi connectivity index (χ3n) is 6.27. The van der Waals surface area contributed by atoms with Crippen LogP contribution < -0.4 is 5.56 Å². The van der Waals surface area contributed by atoms with E-state index in [1.807, 2.05) is 87.5 Å². The number of benzene rings is 3. The van der Waals surface area contributed by atoms with E-state index in [1.165, 1.54) is 0 Å². The van der Waals surface area contributed by atoms with Crippen molar-refractivity contribution < 1.29 is 4.79 Å². The Morgan fingerprint density at radius 2 is 1.71 bits per heavy atom. The highest BCUT2D eigenvalue weighted by atomic mass is 16.2. The van der Waals surface area contributed by atoms with Crippen LogP contribution in [-0.4, -0.2) is 27.4 Å². The van der Waals surface area contributed by atoms with Gasteiger partial charge in [-0.05, 0) is 67.3 Å². The van der Waals surface area contributed by atoms with Crippen LogP contribution in [0.5, 0.6) is 0 Å². The van der Waals surface area contributed by atoms with Gasteiger partial charge in [-0.25, -0.2) is 4.98 Å². The number of fused-ring (bicyclic) bond motifs is 1. The van der Waals surface area contributed by atoms with Gasteiger partial charge in [0.2, 0.25) is 5.91 Å². The molecular formula is C29H29N3O2. The molecule has 1 atom stereocenters. The number of nitrogens with zero attached hydrogens (tertiary/aromatic N) is 3. The van der Waals surface area contributed by atoms with E-state index in [1.54, 1.807) is 34.7 Å². The number of hydrogen-bond acceptors (Lipinski definition) is 3. The first-order valence-electron chi connectivity index (χ1n) is 11.5. The molecule has 3 aromatic carbocycles. The normalized spacial score (nSPS) is 12.2. The van der Waals surface area contributed by atoms with Gasteiger partial charge in [0, 0.05) is 13.1 Å². The molecule has 4 rings (SSSR count). The largest absolute Gasteiger partial charge is 0.332 e. The van der Waals surface area contributed by atoms with Crippen LogP contribution in [0.2, 0.25) is 0 Å². The topological polar surface area (TPSA) is 55.2 Å². The molecule has 5 nitrogen and oxygen atoms in total. The third-order valence-corrected chi connectivity index (χ3v) is 6.27. The SMILES string of the molecule is CCC(c1nc2ccccc2c(=O)n1-c1ccc(C)c(C)c1)N(C)C(=O)/C=C/c1ccccc1. The summed E-state index contributed by atoms with van der Waals surface area (Å²) in [7, 11) is 1.76. The van der Waals surface area contributed by atoms with Crippen molar-refractivity contribution in [3.8, 4) is 5.69 Å². The molecule has 0 radical (unpaired) electrons. The summed E-state index contributed by atoms with van der Waals surface area (Å²) in [6.07, 6.45) is 3.98. The summed E-state index contributed by atoms with van der Waals surface area (Å²) in [5.41, 5.74) is 4.43. The second-order valence-electron chi connectivity index (χ2n) is 8.51. The van der Waals surface area contributed by atoms with Crippen LogP contribution in [0.3, 0.4) is 0 Å². The van der Waals surface area contributed by atoms with Gasteiger partial charge in [0.1, 0.15) is 5.82 Å². The lowest BCUT2D eigenvalue weighted by atomic mass is 10.1. The fourth-order valence-corrected chi connectivity index (χ4v) is 4.12. The minimum Gasteiger partial charge on any atom is -0.332 e. The molecule has 1 unspecified atom stereocenters. The number of likely N-dealkylation sites (N-methyl/N-ethyl adjacent to an activating group) is 1. The Morgan fingerprint density at radius 3 is 2.41 bits per heavy atom. The van der Waals surface area contributed by atoms with Crippen molar-refractivity contribution in [3.05, 3.63) is 112 Å². The Kier molecular flexibility index (Phi) is 6.73. The van der Waals surface area contributed by atoms with E-state index < -0.39 is 0 Å². The molecule has 0 aliphatic rings. The van der Waals surface area contributed by atoms with Crippen molar-refractivity contribution in [2.24, 2.45) is 0 Å². The van der Waals surface area contributed by atoms with Crippen molar-refractivity contribution in [2.75, 3.05) is 7.05 Å². The van der Waals surface area contributed by atoms with Gasteiger partial charge in [0.05, 0.1) is 22.6 Å². The summed E-state index contributed by atoms with van der Waals surface area (Å²) < 4.78 is 1.66. The van der Waals surface area contributed by atoms with E-state index in [0.717, 1.165) is 22.4 Å². The molecule has 0 fully saturated rings. The van der Waals surface area contributed by atoms with Crippen molar-refractivity contribution in [3.63, 3.8) is 0 Å². The number of para-hydroxylation sites is 1. The third kappa shape index (κ3) is 4.55. The molecule has 1 heterocycles. The van der Waals surface area contributed by atoms with E-state index in [-0.39, 0.29) is 17.5 Å². The summed E-state index contributed by atoms with van der Waals surface area (Å²) in [6, 6.07) is 22.6. The maximum atomic E-state index is 13.7. The summed E-state index contributed by atoms with van der Waals surface area (Å²) in [4.78, 5) is 33.3. The minimum atomic E-state index is -0.383. The number of aromatic nitrogens is 2. The van der Waals surface area contributed by atoms with Gasteiger partial charge in [-0.15, -0.1) is 0 Å². The van der Waals surface area contributed by atoms with Gasteiger partial charge < -0.3 is 4.90 Å². The maximum absolute atomic E-state index is 13.7. The highest BCUT2D eigenvalue weighted by Crippen LogP contribution is 2.26. The molecule has 0 saturated carbocycles. The second-order valence-corrected chi connectivity index (χ2v) is 8.51. The van der Waals surface area contributed by atoms with Gasteiger partial charge in [-0.1, -0.05) is 55.5 Å². The first-order valence-corrected chi connectivity index (χ1v) is 11.5. The molecule has 0 aliphatic heterocycles. The van der Waals surface area contributed by atoms with Crippen LogP contribution in [-0.2, 0) is 4.79 Å². The molecule has 1 aromatic heterocycles. The first-order chi connectivity index (χ1) is 16.4. The Morgan fingerprint density at radius 1 is 1.00 bits per heavy atom. The Labute approximate surface area is 200 Å². The van der Waals surface area contributed by atoms with Crippen LogP contribution in [0.15, 0.2) is 83.7 Å². The van der Waals surface area contributed by atoms with Crippen LogP contribution >= 0.6 is 0 Å². The van der Waals surface area contributed by atoms with Gasteiger partial charge in [0.25, 0.3) is 5.56 Å². The van der Waals surface area contributed by atoms with Gasteiger partial charge in [0.15, 0.2) is 0 Å². The lowest BCUT2D eigenvalue weighted by molar-refractivity contribution is -0.127. The number of carbonyl (C=O) groups is 1. The standard InChI is InChI=1S/C29H29N3O2/c1-5-26(31(4)27(33)18-16-22-11-7-6-8-12-22)28-30-25-14-10-9-13-24(25)29(34)32(28)23-17-15-20(2)21(3)19-23/h6-19,26H,5H2,1-4H3/b18-16+. The molecular weight excluding hydrogens is 422 g/mol. The lowest BCUT2D eigenvalue weighted by Gasteiger charge is -2.28. The molecule has 0 saturated heterocycles. The van der Waals surface area contributed by atoms with E-state index in [9.17, 15) is 9.59 Å². The summed E-state index contributed by atoms with van der Waals surface area (Å²) in [5.74, 6) is 0.406. The van der Waals surface area contributed by atoms with Crippen LogP contribution in [0.25, 0.3) is 22.7 Å². The molecule has 0 N–H and O–H groups in total. The average molecular weight is 452 g/mol. The monoisotopic (exact) mass is 451 g/mol. The van der Waals surface area contributed by atoms with Crippen LogP contribution in [0.4, 0.5) is 0 Å². The van der Waals surface area contributed by atoms with E-state index in [0.29, 0.717) is 23.1 Å². The van der Waals surface area contributed by atoms with E-state index in [2.05, 4.69) is 0 Å². The maximum Gasteiger partial charge on any atom is 0.266 e. The van der Waals surface area contributed by atoms with E-state index >= 15 is 0 Å². The molecule has 0 aliphatic carbocycles. The van der Waals surface area contributed by atoms with Gasteiger partial charge in [-0.2, -0.15) is 0 Å². The molecule has 1 amide bonds. The van der Waals surface area contributed by atoms with Gasteiger partial charge >= 0.3 is 0 Å². The van der Waals surface area contributed by atoms with Crippen molar-refractivity contribution in [1.29, 1.82) is 0 Å². The molecule has 5 heteroatoms. The molecule has 4 aromatic rings. The van der Waals surface area contributed by atoms with Crippen molar-refractivity contribution in [2.45, 2.75) is 33.2 Å². The highest BCUT2D eigenvalue weighted by molar-refractivity contribution is 5.92. The zero-order chi connectivity index (χ0) is 24.2. The fraction of sp³-hybridized carbons (Fsp3) is 0.207. The highest BCUT2D eigenvalue weighted by Gasteiger charge is 2.25. The average Bonchev–Trinajstić information content (AvgIpc) is 2.85. The van der Waals surface area contributed by atoms with Crippen LogP contribution in [0, 0.1) is 13.8 Å². The number of carbonyl (C=O) groups excluding carboxylic acids is 1. The fourth-order valence-electron chi connectivity index (χ4n) is 4.12. The summed E-state index contributed by atoms with van der Waals surface area (Å²) in [6.45, 7) is 6.07. The molecule has 172 valence electrons. The van der Waals surface area contributed by atoms with Crippen molar-refractivity contribution in [1.82, 2.24) is 14.5 Å². The zero-order valence-electron chi connectivity index (χ0n) is 20.0.